The Morgan fingerprint density at radius 1 is 1.00 bits per heavy atom. The molecule has 0 spiro atoms. The molecule has 5 aromatic rings. The van der Waals surface area contributed by atoms with Gasteiger partial charge in [0.15, 0.2) is 11.5 Å². The number of nitrogens with two attached hydrogens (primary N) is 1. The molecular formula is C26H25N7O. The fourth-order valence-corrected chi connectivity index (χ4v) is 4.15. The molecule has 0 aliphatic carbocycles. The molecule has 0 radical (unpaired) electrons. The van der Waals surface area contributed by atoms with Crippen molar-refractivity contribution in [2.24, 2.45) is 7.05 Å². The summed E-state index contributed by atoms with van der Waals surface area (Å²) in [5.41, 5.74) is 11.8. The highest BCUT2D eigenvalue weighted by Crippen LogP contribution is 2.27. The van der Waals surface area contributed by atoms with Crippen LogP contribution < -0.4 is 11.4 Å². The van der Waals surface area contributed by atoms with Gasteiger partial charge in [0.2, 0.25) is 0 Å². The Morgan fingerprint density at radius 3 is 2.50 bits per heavy atom. The Kier molecular flexibility index (Phi) is 5.41. The molecule has 34 heavy (non-hydrogen) atoms. The maximum atomic E-state index is 13.1. The van der Waals surface area contributed by atoms with Gasteiger partial charge in [-0.1, -0.05) is 62.4 Å². The summed E-state index contributed by atoms with van der Waals surface area (Å²) in [6, 6.07) is 17.8. The molecule has 0 amide bonds. The summed E-state index contributed by atoms with van der Waals surface area (Å²) in [6.07, 6.45) is 3.18. The first-order valence-electron chi connectivity index (χ1n) is 11.1. The summed E-state index contributed by atoms with van der Waals surface area (Å²) >= 11 is 0. The number of hydrogen-bond acceptors (Lipinski definition) is 6. The monoisotopic (exact) mass is 451 g/mol. The second-order valence-corrected chi connectivity index (χ2v) is 8.60. The Balaban J connectivity index is 1.54. The van der Waals surface area contributed by atoms with Crippen LogP contribution in [0.3, 0.4) is 0 Å². The minimum atomic E-state index is -0.133. The third-order valence-electron chi connectivity index (χ3n) is 5.99. The van der Waals surface area contributed by atoms with Gasteiger partial charge < -0.3 is 5.73 Å². The van der Waals surface area contributed by atoms with Crippen molar-refractivity contribution in [1.82, 2.24) is 29.1 Å². The topological polar surface area (TPSA) is 105 Å². The molecule has 0 unspecified atom stereocenters. The number of nitrogens with zero attached hydrogens (tertiary/aromatic N) is 6. The van der Waals surface area contributed by atoms with E-state index in [2.05, 4.69) is 34.9 Å². The lowest BCUT2D eigenvalue weighted by Crippen LogP contribution is -2.22. The third kappa shape index (κ3) is 3.83. The van der Waals surface area contributed by atoms with E-state index >= 15 is 0 Å². The number of anilines is 1. The fourth-order valence-electron chi connectivity index (χ4n) is 4.15. The molecule has 2 aromatic carbocycles. The van der Waals surface area contributed by atoms with Crippen molar-refractivity contribution in [3.05, 3.63) is 88.7 Å². The molecule has 0 saturated heterocycles. The molecule has 8 nitrogen and oxygen atoms in total. The van der Waals surface area contributed by atoms with Gasteiger partial charge in [0, 0.05) is 24.2 Å². The summed E-state index contributed by atoms with van der Waals surface area (Å²) in [5, 5.41) is 0. The number of aryl methyl sites for hydroxylation is 1. The average molecular weight is 452 g/mol. The SMILES string of the molecule is CC(C)c1ccccc1-c1ncc2c(n1)n(Cc1ccc(-c3cc(N)ncn3)cc1)c(=O)n2C. The second kappa shape index (κ2) is 8.55. The van der Waals surface area contributed by atoms with Gasteiger partial charge in [-0.15, -0.1) is 0 Å². The minimum Gasteiger partial charge on any atom is -0.384 e. The van der Waals surface area contributed by atoms with Gasteiger partial charge in [0.1, 0.15) is 17.7 Å². The van der Waals surface area contributed by atoms with Crippen molar-refractivity contribution >= 4 is 17.0 Å². The molecule has 170 valence electrons. The van der Waals surface area contributed by atoms with Crippen molar-refractivity contribution in [2.75, 3.05) is 5.73 Å². The predicted octanol–water partition coefficient (Wildman–Crippen LogP) is 4.01. The molecular weight excluding hydrogens is 426 g/mol. The second-order valence-electron chi connectivity index (χ2n) is 8.60. The van der Waals surface area contributed by atoms with Gasteiger partial charge in [-0.25, -0.2) is 24.7 Å². The Morgan fingerprint density at radius 2 is 1.76 bits per heavy atom. The molecule has 3 heterocycles. The molecule has 2 N–H and O–H groups in total. The van der Waals surface area contributed by atoms with Gasteiger partial charge in [0.05, 0.1) is 18.4 Å². The van der Waals surface area contributed by atoms with E-state index in [0.717, 1.165) is 22.4 Å². The van der Waals surface area contributed by atoms with Crippen LogP contribution in [0, 0.1) is 0 Å². The van der Waals surface area contributed by atoms with E-state index in [4.69, 9.17) is 10.7 Å². The maximum absolute atomic E-state index is 13.1. The van der Waals surface area contributed by atoms with Crippen molar-refractivity contribution in [2.45, 2.75) is 26.3 Å². The first kappa shape index (κ1) is 21.5. The maximum Gasteiger partial charge on any atom is 0.330 e. The van der Waals surface area contributed by atoms with E-state index in [-0.39, 0.29) is 5.69 Å². The molecule has 5 rings (SSSR count). The number of fused-ring (bicyclic) bond motifs is 1. The average Bonchev–Trinajstić information content (AvgIpc) is 3.08. The highest BCUT2D eigenvalue weighted by atomic mass is 16.1. The number of aromatic nitrogens is 6. The summed E-state index contributed by atoms with van der Waals surface area (Å²) in [7, 11) is 1.74. The van der Waals surface area contributed by atoms with Crippen LogP contribution in [0.5, 0.6) is 0 Å². The largest absolute Gasteiger partial charge is 0.384 e. The predicted molar refractivity (Wildman–Crippen MR) is 133 cm³/mol. The summed E-state index contributed by atoms with van der Waals surface area (Å²) in [4.78, 5) is 30.7. The van der Waals surface area contributed by atoms with Crippen LogP contribution in [-0.4, -0.2) is 29.1 Å². The van der Waals surface area contributed by atoms with Gasteiger partial charge in [-0.2, -0.15) is 0 Å². The van der Waals surface area contributed by atoms with Crippen LogP contribution in [0.2, 0.25) is 0 Å². The number of hydrogen-bond donors (Lipinski definition) is 1. The first-order valence-corrected chi connectivity index (χ1v) is 11.1. The minimum absolute atomic E-state index is 0.133. The Bertz CT molecular complexity index is 1550. The zero-order valence-corrected chi connectivity index (χ0v) is 19.3. The van der Waals surface area contributed by atoms with Crippen molar-refractivity contribution in [3.63, 3.8) is 0 Å². The zero-order valence-electron chi connectivity index (χ0n) is 19.3. The molecule has 0 atom stereocenters. The van der Waals surface area contributed by atoms with E-state index in [1.807, 2.05) is 42.5 Å². The highest BCUT2D eigenvalue weighted by molar-refractivity contribution is 5.74. The van der Waals surface area contributed by atoms with Crippen LogP contribution in [-0.2, 0) is 13.6 Å². The number of rotatable bonds is 5. The summed E-state index contributed by atoms with van der Waals surface area (Å²) in [6.45, 7) is 4.69. The Labute approximate surface area is 196 Å². The number of imidazole rings is 1. The van der Waals surface area contributed by atoms with Crippen LogP contribution >= 0.6 is 0 Å². The van der Waals surface area contributed by atoms with Crippen LogP contribution in [0.4, 0.5) is 5.82 Å². The molecule has 0 saturated carbocycles. The fraction of sp³-hybridized carbons (Fsp3) is 0.192. The van der Waals surface area contributed by atoms with Crippen molar-refractivity contribution in [1.29, 1.82) is 0 Å². The van der Waals surface area contributed by atoms with Gasteiger partial charge in [-0.05, 0) is 17.0 Å². The van der Waals surface area contributed by atoms with Gasteiger partial charge >= 0.3 is 5.69 Å². The standard InChI is InChI=1S/C26H25N7O/c1-16(2)19-6-4-5-7-20(19)24-28-13-22-25(31-24)33(26(34)32(22)3)14-17-8-10-18(11-9-17)21-12-23(27)30-15-29-21/h4-13,15-16H,14H2,1-3H3,(H2,27,29,30). The first-order chi connectivity index (χ1) is 16.4. The van der Waals surface area contributed by atoms with Crippen molar-refractivity contribution < 1.29 is 0 Å². The summed E-state index contributed by atoms with van der Waals surface area (Å²) in [5.74, 6) is 1.37. The van der Waals surface area contributed by atoms with E-state index < -0.39 is 0 Å². The molecule has 0 aliphatic rings. The van der Waals surface area contributed by atoms with E-state index in [1.165, 1.54) is 11.9 Å². The lowest BCUT2D eigenvalue weighted by Gasteiger charge is -2.11. The number of nitrogen functional groups attached to an aromatic ring is 1. The van der Waals surface area contributed by atoms with Crippen LogP contribution in [0.25, 0.3) is 33.8 Å². The van der Waals surface area contributed by atoms with Gasteiger partial charge in [0.25, 0.3) is 0 Å². The van der Waals surface area contributed by atoms with Crippen LogP contribution in [0.1, 0.15) is 30.9 Å². The molecule has 0 aliphatic heterocycles. The molecule has 0 fully saturated rings. The normalized spacial score (nSPS) is 11.4. The number of benzene rings is 2. The van der Waals surface area contributed by atoms with Crippen molar-refractivity contribution in [3.8, 4) is 22.6 Å². The van der Waals surface area contributed by atoms with E-state index in [9.17, 15) is 4.79 Å². The lowest BCUT2D eigenvalue weighted by molar-refractivity contribution is 0.731. The van der Waals surface area contributed by atoms with Crippen LogP contribution in [0.15, 0.2) is 71.9 Å². The van der Waals surface area contributed by atoms with E-state index in [0.29, 0.717) is 35.3 Å². The quantitative estimate of drug-likeness (QED) is 0.433. The lowest BCUT2D eigenvalue weighted by atomic mass is 9.97. The van der Waals surface area contributed by atoms with E-state index in [1.54, 1.807) is 28.4 Å². The molecule has 8 heteroatoms. The highest BCUT2D eigenvalue weighted by Gasteiger charge is 2.17. The zero-order chi connectivity index (χ0) is 23.8. The summed E-state index contributed by atoms with van der Waals surface area (Å²) < 4.78 is 3.28. The molecule has 0 bridgehead atoms. The van der Waals surface area contributed by atoms with Gasteiger partial charge in [-0.3, -0.25) is 9.13 Å². The smallest absolute Gasteiger partial charge is 0.330 e. The third-order valence-corrected chi connectivity index (χ3v) is 5.99. The molecule has 3 aromatic heterocycles. The Hall–Kier alpha value is -4.33.